The fraction of sp³-hybridized carbons (Fsp3) is 0.130. The third-order valence-corrected chi connectivity index (χ3v) is 5.10. The van der Waals surface area contributed by atoms with Crippen LogP contribution >= 0.6 is 0 Å². The molecule has 0 spiro atoms. The van der Waals surface area contributed by atoms with Gasteiger partial charge < -0.3 is 14.6 Å². The van der Waals surface area contributed by atoms with Gasteiger partial charge in [-0.3, -0.25) is 19.7 Å². The van der Waals surface area contributed by atoms with E-state index >= 15 is 0 Å². The number of nitrogens with zero attached hydrogens (tertiary/aromatic N) is 2. The minimum atomic E-state index is -0.533. The Kier molecular flexibility index (Phi) is 5.12. The van der Waals surface area contributed by atoms with E-state index in [-0.39, 0.29) is 29.3 Å². The lowest BCUT2D eigenvalue weighted by Gasteiger charge is -2.16. The highest BCUT2D eigenvalue weighted by Gasteiger charge is 2.16. The highest BCUT2D eigenvalue weighted by atomic mass is 16.6. The molecule has 0 aliphatic rings. The molecular formula is C23H19N3O5. The van der Waals surface area contributed by atoms with Crippen LogP contribution < -0.4 is 15.5 Å². The summed E-state index contributed by atoms with van der Waals surface area (Å²) in [6.45, 7) is 1.85. The van der Waals surface area contributed by atoms with E-state index in [2.05, 4.69) is 5.32 Å². The molecular weight excluding hydrogens is 398 g/mol. The maximum Gasteiger partial charge on any atom is 0.273 e. The Morgan fingerprint density at radius 3 is 2.55 bits per heavy atom. The standard InChI is InChI=1S/C23H19N3O5/c1-14-7-10-20-17(11-14)23(28)16-5-3-4-6-19(16)25(20)13-22(27)24-18-9-8-15(26(29)30)12-21(18)31-2/h3-12H,13H2,1-2H3,(H,24,27). The molecule has 0 bridgehead atoms. The van der Waals surface area contributed by atoms with E-state index in [1.807, 2.05) is 31.2 Å². The number of methoxy groups -OCH3 is 1. The van der Waals surface area contributed by atoms with Crippen molar-refractivity contribution in [1.29, 1.82) is 0 Å². The zero-order valence-corrected chi connectivity index (χ0v) is 16.9. The lowest BCUT2D eigenvalue weighted by molar-refractivity contribution is -0.384. The van der Waals surface area contributed by atoms with E-state index in [0.717, 1.165) is 5.56 Å². The Labute approximate surface area is 176 Å². The summed E-state index contributed by atoms with van der Waals surface area (Å²) < 4.78 is 6.98. The normalized spacial score (nSPS) is 10.9. The first-order valence-corrected chi connectivity index (χ1v) is 9.53. The second kappa shape index (κ2) is 7.91. The molecule has 0 atom stereocenters. The minimum absolute atomic E-state index is 0.0551. The van der Waals surface area contributed by atoms with Gasteiger partial charge in [-0.1, -0.05) is 23.8 Å². The van der Waals surface area contributed by atoms with Gasteiger partial charge >= 0.3 is 0 Å². The molecule has 156 valence electrons. The summed E-state index contributed by atoms with van der Waals surface area (Å²) in [5, 5.41) is 14.8. The highest BCUT2D eigenvalue weighted by molar-refractivity contribution is 5.98. The molecule has 1 amide bonds. The molecule has 0 unspecified atom stereocenters. The van der Waals surface area contributed by atoms with Gasteiger partial charge in [0.05, 0.1) is 34.8 Å². The Bertz CT molecular complexity index is 1410. The van der Waals surface area contributed by atoms with Crippen LogP contribution in [0.25, 0.3) is 21.8 Å². The molecule has 1 heterocycles. The Morgan fingerprint density at radius 1 is 1.06 bits per heavy atom. The van der Waals surface area contributed by atoms with Crippen LogP contribution in [-0.4, -0.2) is 22.5 Å². The molecule has 1 aromatic heterocycles. The summed E-state index contributed by atoms with van der Waals surface area (Å²) >= 11 is 0. The van der Waals surface area contributed by atoms with Crippen LogP contribution in [-0.2, 0) is 11.3 Å². The van der Waals surface area contributed by atoms with E-state index in [1.165, 1.54) is 25.3 Å². The SMILES string of the molecule is COc1cc([N+](=O)[O-])ccc1NC(=O)Cn1c2ccccc2c(=O)c2cc(C)ccc21. The molecule has 0 fully saturated rings. The van der Waals surface area contributed by atoms with Crippen LogP contribution in [0.15, 0.2) is 65.5 Å². The number of anilines is 1. The number of nitro groups is 1. The van der Waals surface area contributed by atoms with Gasteiger partial charge in [-0.05, 0) is 37.3 Å². The molecule has 4 rings (SSSR count). The fourth-order valence-electron chi connectivity index (χ4n) is 3.64. The molecule has 0 radical (unpaired) electrons. The predicted molar refractivity (Wildman–Crippen MR) is 119 cm³/mol. The van der Waals surface area contributed by atoms with Crippen molar-refractivity contribution in [2.24, 2.45) is 0 Å². The maximum absolute atomic E-state index is 13.0. The number of fused-ring (bicyclic) bond motifs is 2. The zero-order valence-electron chi connectivity index (χ0n) is 16.9. The smallest absolute Gasteiger partial charge is 0.273 e. The molecule has 3 aromatic carbocycles. The first-order valence-electron chi connectivity index (χ1n) is 9.53. The molecule has 4 aromatic rings. The first-order chi connectivity index (χ1) is 14.9. The highest BCUT2D eigenvalue weighted by Crippen LogP contribution is 2.29. The van der Waals surface area contributed by atoms with Gasteiger partial charge in [-0.15, -0.1) is 0 Å². The maximum atomic E-state index is 13.0. The number of pyridine rings is 1. The number of benzene rings is 3. The summed E-state index contributed by atoms with van der Waals surface area (Å²) in [6, 6.07) is 16.7. The van der Waals surface area contributed by atoms with Gasteiger partial charge in [-0.25, -0.2) is 0 Å². The third kappa shape index (κ3) is 3.71. The second-order valence-corrected chi connectivity index (χ2v) is 7.14. The Balaban J connectivity index is 1.76. The van der Waals surface area contributed by atoms with Crippen molar-refractivity contribution < 1.29 is 14.5 Å². The van der Waals surface area contributed by atoms with Crippen LogP contribution in [0, 0.1) is 17.0 Å². The number of nitro benzene ring substituents is 1. The molecule has 8 nitrogen and oxygen atoms in total. The number of para-hydroxylation sites is 1. The van der Waals surface area contributed by atoms with Crippen molar-refractivity contribution in [2.75, 3.05) is 12.4 Å². The Hall–Kier alpha value is -4.20. The number of nitrogens with one attached hydrogen (secondary N) is 1. The van der Waals surface area contributed by atoms with Crippen molar-refractivity contribution in [2.45, 2.75) is 13.5 Å². The van der Waals surface area contributed by atoms with E-state index in [4.69, 9.17) is 4.74 Å². The summed E-state index contributed by atoms with van der Waals surface area (Å²) in [6.07, 6.45) is 0. The lowest BCUT2D eigenvalue weighted by Crippen LogP contribution is -2.22. The van der Waals surface area contributed by atoms with E-state index in [0.29, 0.717) is 27.5 Å². The zero-order chi connectivity index (χ0) is 22.1. The van der Waals surface area contributed by atoms with Crippen molar-refractivity contribution in [3.05, 3.63) is 86.6 Å². The van der Waals surface area contributed by atoms with E-state index in [9.17, 15) is 19.7 Å². The van der Waals surface area contributed by atoms with Crippen LogP contribution in [0.4, 0.5) is 11.4 Å². The summed E-state index contributed by atoms with van der Waals surface area (Å²) in [7, 11) is 1.37. The third-order valence-electron chi connectivity index (χ3n) is 5.10. The monoisotopic (exact) mass is 417 g/mol. The number of hydrogen-bond acceptors (Lipinski definition) is 5. The second-order valence-electron chi connectivity index (χ2n) is 7.14. The number of carbonyl (C=O) groups excluding carboxylic acids is 1. The summed E-state index contributed by atoms with van der Waals surface area (Å²) in [4.78, 5) is 36.3. The lowest BCUT2D eigenvalue weighted by atomic mass is 10.1. The number of carbonyl (C=O) groups is 1. The average Bonchev–Trinajstić information content (AvgIpc) is 2.76. The number of ether oxygens (including phenoxy) is 1. The van der Waals surface area contributed by atoms with Crippen molar-refractivity contribution >= 4 is 39.1 Å². The van der Waals surface area contributed by atoms with Crippen LogP contribution in [0.1, 0.15) is 5.56 Å². The quantitative estimate of drug-likeness (QED) is 0.300. The van der Waals surface area contributed by atoms with Gasteiger partial charge in [-0.2, -0.15) is 0 Å². The first kappa shape index (κ1) is 20.1. The van der Waals surface area contributed by atoms with Crippen molar-refractivity contribution in [1.82, 2.24) is 4.57 Å². The molecule has 31 heavy (non-hydrogen) atoms. The number of hydrogen-bond donors (Lipinski definition) is 1. The number of aryl methyl sites for hydroxylation is 1. The summed E-state index contributed by atoms with van der Waals surface area (Å²) in [5.74, 6) is -0.171. The van der Waals surface area contributed by atoms with Crippen molar-refractivity contribution in [3.63, 3.8) is 0 Å². The van der Waals surface area contributed by atoms with Gasteiger partial charge in [0.25, 0.3) is 5.69 Å². The van der Waals surface area contributed by atoms with Gasteiger partial charge in [0.2, 0.25) is 5.91 Å². The summed E-state index contributed by atoms with van der Waals surface area (Å²) in [5.41, 5.74) is 2.36. The number of non-ortho nitro benzene ring substituents is 1. The van der Waals surface area contributed by atoms with Crippen LogP contribution in [0.5, 0.6) is 5.75 Å². The molecule has 0 saturated heterocycles. The number of aromatic nitrogens is 1. The number of amides is 1. The van der Waals surface area contributed by atoms with Crippen LogP contribution in [0.3, 0.4) is 0 Å². The minimum Gasteiger partial charge on any atom is -0.494 e. The molecule has 0 aliphatic heterocycles. The largest absolute Gasteiger partial charge is 0.494 e. The average molecular weight is 417 g/mol. The molecule has 0 saturated carbocycles. The van der Waals surface area contributed by atoms with Crippen molar-refractivity contribution in [3.8, 4) is 5.75 Å². The van der Waals surface area contributed by atoms with Gasteiger partial charge in [0.15, 0.2) is 5.43 Å². The predicted octanol–water partition coefficient (Wildman–Crippen LogP) is 4.02. The topological polar surface area (TPSA) is 103 Å². The molecule has 1 N–H and O–H groups in total. The fourth-order valence-corrected chi connectivity index (χ4v) is 3.64. The van der Waals surface area contributed by atoms with Crippen LogP contribution in [0.2, 0.25) is 0 Å². The van der Waals surface area contributed by atoms with E-state index in [1.54, 1.807) is 22.8 Å². The van der Waals surface area contributed by atoms with Gasteiger partial charge in [0, 0.05) is 16.8 Å². The molecule has 8 heteroatoms. The number of rotatable bonds is 5. The molecule has 0 aliphatic carbocycles. The van der Waals surface area contributed by atoms with E-state index < -0.39 is 4.92 Å². The Morgan fingerprint density at radius 2 is 1.81 bits per heavy atom. The van der Waals surface area contributed by atoms with Gasteiger partial charge in [0.1, 0.15) is 12.3 Å².